The molecule has 0 amide bonds. The molecule has 0 aliphatic rings. The summed E-state index contributed by atoms with van der Waals surface area (Å²) >= 11 is 1.38. The van der Waals surface area contributed by atoms with E-state index in [1.165, 1.54) is 11.8 Å². The van der Waals surface area contributed by atoms with Crippen molar-refractivity contribution in [3.63, 3.8) is 0 Å². The molecule has 0 unspecified atom stereocenters. The highest BCUT2D eigenvalue weighted by Crippen LogP contribution is 2.24. The van der Waals surface area contributed by atoms with Gasteiger partial charge in [-0.1, -0.05) is 18.2 Å². The van der Waals surface area contributed by atoms with Crippen molar-refractivity contribution in [1.29, 1.82) is 0 Å². The Morgan fingerprint density at radius 3 is 2.56 bits per heavy atom. The smallest absolute Gasteiger partial charge is 0.319 e. The molecule has 0 saturated carbocycles. The monoisotopic (exact) mass is 240 g/mol. The standard InChI is InChI=1S/C12H16O3S/c1-12(2,11(13)14)16-9-8-15-10-6-4-3-5-7-10/h3-7H,8-9H2,1-2H3,(H,13,14). The summed E-state index contributed by atoms with van der Waals surface area (Å²) in [5, 5.41) is 8.90. The van der Waals surface area contributed by atoms with Crippen LogP contribution < -0.4 is 4.74 Å². The lowest BCUT2D eigenvalue weighted by atomic mass is 10.2. The predicted octanol–water partition coefficient (Wildman–Crippen LogP) is 2.66. The van der Waals surface area contributed by atoms with E-state index in [0.29, 0.717) is 12.4 Å². The molecule has 0 radical (unpaired) electrons. The summed E-state index contributed by atoms with van der Waals surface area (Å²) in [6.07, 6.45) is 0. The summed E-state index contributed by atoms with van der Waals surface area (Å²) in [6, 6.07) is 9.50. The lowest BCUT2D eigenvalue weighted by molar-refractivity contribution is -0.138. The van der Waals surface area contributed by atoms with E-state index in [9.17, 15) is 4.79 Å². The number of carboxylic acid groups (broad SMARTS) is 1. The first-order chi connectivity index (χ1) is 7.52. The number of carbonyl (C=O) groups is 1. The van der Waals surface area contributed by atoms with E-state index >= 15 is 0 Å². The van der Waals surface area contributed by atoms with E-state index in [1.54, 1.807) is 13.8 Å². The number of rotatable bonds is 6. The van der Waals surface area contributed by atoms with Crippen LogP contribution in [0.15, 0.2) is 30.3 Å². The normalized spacial score (nSPS) is 11.1. The Hall–Kier alpha value is -1.16. The molecule has 1 aromatic carbocycles. The molecule has 1 aromatic rings. The summed E-state index contributed by atoms with van der Waals surface area (Å²) in [4.78, 5) is 10.8. The number of benzene rings is 1. The zero-order valence-electron chi connectivity index (χ0n) is 9.47. The van der Waals surface area contributed by atoms with Gasteiger partial charge in [0.05, 0.1) is 6.61 Å². The SMILES string of the molecule is CC(C)(SCCOc1ccccc1)C(=O)O. The first-order valence-electron chi connectivity index (χ1n) is 5.07. The topological polar surface area (TPSA) is 46.5 Å². The molecule has 0 atom stereocenters. The third-order valence-electron chi connectivity index (χ3n) is 2.07. The molecule has 0 aliphatic heterocycles. The molecule has 4 heteroatoms. The van der Waals surface area contributed by atoms with Gasteiger partial charge in [-0.3, -0.25) is 4.79 Å². The number of aliphatic carboxylic acids is 1. The van der Waals surface area contributed by atoms with E-state index in [2.05, 4.69) is 0 Å². The Kier molecular flexibility index (Phi) is 4.68. The van der Waals surface area contributed by atoms with Gasteiger partial charge >= 0.3 is 5.97 Å². The molecule has 0 aromatic heterocycles. The van der Waals surface area contributed by atoms with Crippen LogP contribution in [0.5, 0.6) is 5.75 Å². The number of para-hydroxylation sites is 1. The molecule has 1 rings (SSSR count). The van der Waals surface area contributed by atoms with Crippen molar-refractivity contribution in [2.24, 2.45) is 0 Å². The Morgan fingerprint density at radius 2 is 2.00 bits per heavy atom. The molecular formula is C12H16O3S. The first kappa shape index (κ1) is 12.9. The van der Waals surface area contributed by atoms with Gasteiger partial charge in [0.2, 0.25) is 0 Å². The van der Waals surface area contributed by atoms with Crippen molar-refractivity contribution < 1.29 is 14.6 Å². The average Bonchev–Trinajstić information content (AvgIpc) is 2.26. The summed E-state index contributed by atoms with van der Waals surface area (Å²) in [5.41, 5.74) is 0. The number of carboxylic acids is 1. The highest BCUT2D eigenvalue weighted by molar-refractivity contribution is 8.01. The molecule has 16 heavy (non-hydrogen) atoms. The molecule has 0 saturated heterocycles. The minimum absolute atomic E-state index is 0.519. The van der Waals surface area contributed by atoms with Gasteiger partial charge in [-0.15, -0.1) is 11.8 Å². The second-order valence-corrected chi connectivity index (χ2v) is 5.54. The molecule has 1 N–H and O–H groups in total. The summed E-state index contributed by atoms with van der Waals surface area (Å²) in [7, 11) is 0. The van der Waals surface area contributed by atoms with Crippen molar-refractivity contribution in [2.45, 2.75) is 18.6 Å². The van der Waals surface area contributed by atoms with Crippen molar-refractivity contribution in [2.75, 3.05) is 12.4 Å². The summed E-state index contributed by atoms with van der Waals surface area (Å²) in [6.45, 7) is 3.91. The lowest BCUT2D eigenvalue weighted by Gasteiger charge is -2.18. The zero-order valence-corrected chi connectivity index (χ0v) is 10.3. The van der Waals surface area contributed by atoms with Crippen LogP contribution in [0.2, 0.25) is 0 Å². The van der Waals surface area contributed by atoms with E-state index in [0.717, 1.165) is 5.75 Å². The second-order valence-electron chi connectivity index (χ2n) is 3.83. The van der Waals surface area contributed by atoms with Crippen LogP contribution in [-0.2, 0) is 4.79 Å². The minimum Gasteiger partial charge on any atom is -0.493 e. The fourth-order valence-electron chi connectivity index (χ4n) is 1.03. The number of thioether (sulfide) groups is 1. The van der Waals surface area contributed by atoms with Gasteiger partial charge < -0.3 is 9.84 Å². The number of hydrogen-bond donors (Lipinski definition) is 1. The fourth-order valence-corrected chi connectivity index (χ4v) is 1.84. The van der Waals surface area contributed by atoms with Crippen molar-refractivity contribution in [1.82, 2.24) is 0 Å². The Balaban J connectivity index is 2.25. The Labute approximate surface area is 99.8 Å². The van der Waals surface area contributed by atoms with Crippen molar-refractivity contribution in [3.05, 3.63) is 30.3 Å². The van der Waals surface area contributed by atoms with Crippen LogP contribution in [0.3, 0.4) is 0 Å². The summed E-state index contributed by atoms with van der Waals surface area (Å²) in [5.74, 6) is 0.683. The van der Waals surface area contributed by atoms with Gasteiger partial charge in [0.15, 0.2) is 0 Å². The average molecular weight is 240 g/mol. The van der Waals surface area contributed by atoms with Crippen molar-refractivity contribution in [3.8, 4) is 5.75 Å². The number of ether oxygens (including phenoxy) is 1. The third kappa shape index (κ3) is 4.14. The minimum atomic E-state index is -0.794. The van der Waals surface area contributed by atoms with Gasteiger partial charge in [-0.2, -0.15) is 0 Å². The largest absolute Gasteiger partial charge is 0.493 e. The Morgan fingerprint density at radius 1 is 1.38 bits per heavy atom. The highest BCUT2D eigenvalue weighted by Gasteiger charge is 2.27. The molecule has 3 nitrogen and oxygen atoms in total. The molecular weight excluding hydrogens is 224 g/mol. The first-order valence-corrected chi connectivity index (χ1v) is 6.06. The van der Waals surface area contributed by atoms with E-state index < -0.39 is 10.7 Å². The number of hydrogen-bond acceptors (Lipinski definition) is 3. The molecule has 0 fully saturated rings. The maximum atomic E-state index is 10.8. The predicted molar refractivity (Wildman–Crippen MR) is 66.1 cm³/mol. The molecule has 0 spiro atoms. The quantitative estimate of drug-likeness (QED) is 0.776. The zero-order chi connectivity index (χ0) is 12.0. The fraction of sp³-hybridized carbons (Fsp3) is 0.417. The van der Waals surface area contributed by atoms with Crippen LogP contribution in [0.1, 0.15) is 13.8 Å². The van der Waals surface area contributed by atoms with Crippen LogP contribution >= 0.6 is 11.8 Å². The van der Waals surface area contributed by atoms with E-state index in [1.807, 2.05) is 30.3 Å². The Bertz CT molecular complexity index is 335. The van der Waals surface area contributed by atoms with Gasteiger partial charge in [-0.05, 0) is 26.0 Å². The second kappa shape index (κ2) is 5.80. The van der Waals surface area contributed by atoms with E-state index in [-0.39, 0.29) is 0 Å². The molecule has 0 aliphatic carbocycles. The molecule has 88 valence electrons. The van der Waals surface area contributed by atoms with Crippen molar-refractivity contribution >= 4 is 17.7 Å². The van der Waals surface area contributed by atoms with Gasteiger partial charge in [0, 0.05) is 5.75 Å². The van der Waals surface area contributed by atoms with Crippen LogP contribution in [0, 0.1) is 0 Å². The maximum Gasteiger partial charge on any atom is 0.319 e. The maximum absolute atomic E-state index is 10.8. The lowest BCUT2D eigenvalue weighted by Crippen LogP contribution is -2.28. The van der Waals surface area contributed by atoms with E-state index in [4.69, 9.17) is 9.84 Å². The van der Waals surface area contributed by atoms with Gasteiger partial charge in [0.1, 0.15) is 10.5 Å². The molecule has 0 bridgehead atoms. The highest BCUT2D eigenvalue weighted by atomic mass is 32.2. The van der Waals surface area contributed by atoms with Crippen LogP contribution in [-0.4, -0.2) is 28.2 Å². The molecule has 0 heterocycles. The van der Waals surface area contributed by atoms with Gasteiger partial charge in [-0.25, -0.2) is 0 Å². The summed E-state index contributed by atoms with van der Waals surface area (Å²) < 4.78 is 4.72. The third-order valence-corrected chi connectivity index (χ3v) is 3.34. The van der Waals surface area contributed by atoms with Crippen LogP contribution in [0.25, 0.3) is 0 Å². The van der Waals surface area contributed by atoms with Gasteiger partial charge in [0.25, 0.3) is 0 Å². The van der Waals surface area contributed by atoms with Crippen LogP contribution in [0.4, 0.5) is 0 Å².